The van der Waals surface area contributed by atoms with Crippen LogP contribution in [0, 0.1) is 0 Å². The minimum absolute atomic E-state index is 0.0949. The number of halogens is 1. The average Bonchev–Trinajstić information content (AvgIpc) is 2.96. The van der Waals surface area contributed by atoms with E-state index in [4.69, 9.17) is 4.42 Å². The summed E-state index contributed by atoms with van der Waals surface area (Å²) in [6, 6.07) is 14.2. The Bertz CT molecular complexity index is 871. The van der Waals surface area contributed by atoms with Gasteiger partial charge in [0, 0.05) is 5.56 Å². The molecule has 110 valence electrons. The SMILES string of the molecule is O=C(N/N=C/c1c(O)ccc2ccccc12)c1ccc(Br)o1. The van der Waals surface area contributed by atoms with E-state index in [9.17, 15) is 9.90 Å². The summed E-state index contributed by atoms with van der Waals surface area (Å²) in [5.74, 6) is -0.231. The first-order chi connectivity index (χ1) is 10.6. The van der Waals surface area contributed by atoms with Crippen LogP contribution in [0.15, 0.2) is 62.7 Å². The topological polar surface area (TPSA) is 74.8 Å². The second-order valence-electron chi connectivity index (χ2n) is 4.52. The van der Waals surface area contributed by atoms with Crippen LogP contribution in [0.2, 0.25) is 0 Å². The average molecular weight is 359 g/mol. The molecule has 0 unspecified atom stereocenters. The first-order valence-corrected chi connectivity index (χ1v) is 7.24. The Morgan fingerprint density at radius 1 is 1.18 bits per heavy atom. The van der Waals surface area contributed by atoms with Crippen molar-refractivity contribution in [1.82, 2.24) is 5.43 Å². The smallest absolute Gasteiger partial charge is 0.307 e. The standard InChI is InChI=1S/C16H11BrN2O3/c17-15-8-7-14(22-15)16(21)19-18-9-12-11-4-2-1-3-10(11)5-6-13(12)20/h1-9,20H,(H,19,21)/b18-9+. The van der Waals surface area contributed by atoms with Gasteiger partial charge < -0.3 is 9.52 Å². The number of nitrogens with zero attached hydrogens (tertiary/aromatic N) is 1. The van der Waals surface area contributed by atoms with E-state index in [1.54, 1.807) is 12.1 Å². The maximum atomic E-state index is 11.8. The van der Waals surface area contributed by atoms with Crippen molar-refractivity contribution in [3.63, 3.8) is 0 Å². The van der Waals surface area contributed by atoms with Gasteiger partial charge >= 0.3 is 5.91 Å². The monoisotopic (exact) mass is 358 g/mol. The number of aromatic hydroxyl groups is 1. The molecule has 0 aliphatic heterocycles. The van der Waals surface area contributed by atoms with Crippen LogP contribution in [0.4, 0.5) is 0 Å². The molecule has 1 aromatic heterocycles. The number of carbonyl (C=O) groups excluding carboxylic acids is 1. The second-order valence-corrected chi connectivity index (χ2v) is 5.30. The van der Waals surface area contributed by atoms with E-state index in [-0.39, 0.29) is 11.5 Å². The van der Waals surface area contributed by atoms with Gasteiger partial charge in [-0.2, -0.15) is 5.10 Å². The minimum atomic E-state index is -0.471. The van der Waals surface area contributed by atoms with Crippen LogP contribution >= 0.6 is 15.9 Å². The third kappa shape index (κ3) is 2.87. The van der Waals surface area contributed by atoms with Crippen molar-refractivity contribution in [3.8, 4) is 5.75 Å². The number of amides is 1. The van der Waals surface area contributed by atoms with Gasteiger partial charge in [0.2, 0.25) is 0 Å². The van der Waals surface area contributed by atoms with E-state index in [1.165, 1.54) is 12.3 Å². The molecule has 3 aromatic rings. The first kappa shape index (κ1) is 14.3. The highest BCUT2D eigenvalue weighted by atomic mass is 79.9. The molecule has 0 fully saturated rings. The van der Waals surface area contributed by atoms with E-state index in [2.05, 4.69) is 26.5 Å². The largest absolute Gasteiger partial charge is 0.507 e. The molecule has 0 aliphatic rings. The van der Waals surface area contributed by atoms with Crippen molar-refractivity contribution in [2.24, 2.45) is 5.10 Å². The van der Waals surface area contributed by atoms with Gasteiger partial charge in [-0.05, 0) is 44.9 Å². The van der Waals surface area contributed by atoms with E-state index in [0.29, 0.717) is 10.2 Å². The zero-order valence-electron chi connectivity index (χ0n) is 11.3. The Balaban J connectivity index is 1.84. The van der Waals surface area contributed by atoms with E-state index >= 15 is 0 Å². The number of phenolic OH excluding ortho intramolecular Hbond substituents is 1. The van der Waals surface area contributed by atoms with E-state index < -0.39 is 5.91 Å². The Hall–Kier alpha value is -2.60. The van der Waals surface area contributed by atoms with Crippen LogP contribution in [0.1, 0.15) is 16.1 Å². The summed E-state index contributed by atoms with van der Waals surface area (Å²) in [7, 11) is 0. The lowest BCUT2D eigenvalue weighted by Gasteiger charge is -2.04. The van der Waals surface area contributed by atoms with Crippen molar-refractivity contribution < 1.29 is 14.3 Å². The summed E-state index contributed by atoms with van der Waals surface area (Å²) < 4.78 is 5.59. The Labute approximate surface area is 134 Å². The zero-order valence-corrected chi connectivity index (χ0v) is 12.9. The van der Waals surface area contributed by atoms with Crippen LogP contribution in [0.25, 0.3) is 10.8 Å². The fourth-order valence-electron chi connectivity index (χ4n) is 2.07. The van der Waals surface area contributed by atoms with Crippen molar-refractivity contribution >= 4 is 38.8 Å². The lowest BCUT2D eigenvalue weighted by molar-refractivity contribution is 0.0926. The van der Waals surface area contributed by atoms with Crippen LogP contribution in [0.5, 0.6) is 5.75 Å². The highest BCUT2D eigenvalue weighted by molar-refractivity contribution is 9.10. The number of carbonyl (C=O) groups is 1. The van der Waals surface area contributed by atoms with Gasteiger partial charge in [-0.1, -0.05) is 30.3 Å². The quantitative estimate of drug-likeness (QED) is 0.554. The molecule has 0 bridgehead atoms. The molecule has 5 nitrogen and oxygen atoms in total. The molecule has 3 rings (SSSR count). The maximum absolute atomic E-state index is 11.8. The molecule has 0 atom stereocenters. The summed E-state index contributed by atoms with van der Waals surface area (Å²) in [6.07, 6.45) is 1.41. The van der Waals surface area contributed by atoms with Gasteiger partial charge in [-0.3, -0.25) is 4.79 Å². The van der Waals surface area contributed by atoms with E-state index in [0.717, 1.165) is 10.8 Å². The molecule has 1 heterocycles. The van der Waals surface area contributed by atoms with Crippen LogP contribution in [0.3, 0.4) is 0 Å². The van der Waals surface area contributed by atoms with Crippen molar-refractivity contribution in [3.05, 3.63) is 64.5 Å². The second kappa shape index (κ2) is 6.03. The van der Waals surface area contributed by atoms with Crippen molar-refractivity contribution in [2.45, 2.75) is 0 Å². The number of furan rings is 1. The van der Waals surface area contributed by atoms with Crippen molar-refractivity contribution in [2.75, 3.05) is 0 Å². The van der Waals surface area contributed by atoms with Crippen LogP contribution in [-0.4, -0.2) is 17.2 Å². The molecule has 2 N–H and O–H groups in total. The summed E-state index contributed by atoms with van der Waals surface area (Å²) >= 11 is 3.12. The third-order valence-corrected chi connectivity index (χ3v) is 3.53. The molecular weight excluding hydrogens is 348 g/mol. The summed E-state index contributed by atoms with van der Waals surface area (Å²) in [4.78, 5) is 11.8. The van der Waals surface area contributed by atoms with Crippen molar-refractivity contribution in [1.29, 1.82) is 0 Å². The van der Waals surface area contributed by atoms with Gasteiger partial charge in [-0.25, -0.2) is 5.43 Å². The molecule has 0 spiro atoms. The number of benzene rings is 2. The summed E-state index contributed by atoms with van der Waals surface area (Å²) in [5.41, 5.74) is 2.90. The minimum Gasteiger partial charge on any atom is -0.507 e. The fraction of sp³-hybridized carbons (Fsp3) is 0. The molecular formula is C16H11BrN2O3. The van der Waals surface area contributed by atoms with E-state index in [1.807, 2.05) is 30.3 Å². The molecule has 22 heavy (non-hydrogen) atoms. The zero-order chi connectivity index (χ0) is 15.5. The number of hydrazone groups is 1. The molecule has 2 aromatic carbocycles. The third-order valence-electron chi connectivity index (χ3n) is 3.10. The van der Waals surface area contributed by atoms with Gasteiger partial charge in [0.1, 0.15) is 5.75 Å². The van der Waals surface area contributed by atoms with Crippen LogP contribution in [-0.2, 0) is 0 Å². The Morgan fingerprint density at radius 3 is 2.77 bits per heavy atom. The van der Waals surface area contributed by atoms with Gasteiger partial charge in [0.15, 0.2) is 10.4 Å². The van der Waals surface area contributed by atoms with Crippen LogP contribution < -0.4 is 5.43 Å². The lowest BCUT2D eigenvalue weighted by atomic mass is 10.0. The number of hydrogen-bond donors (Lipinski definition) is 2. The highest BCUT2D eigenvalue weighted by Gasteiger charge is 2.09. The highest BCUT2D eigenvalue weighted by Crippen LogP contribution is 2.25. The number of hydrogen-bond acceptors (Lipinski definition) is 4. The predicted octanol–water partition coefficient (Wildman–Crippen LogP) is 3.66. The Morgan fingerprint density at radius 2 is 2.00 bits per heavy atom. The number of fused-ring (bicyclic) bond motifs is 1. The number of phenols is 1. The molecule has 1 amide bonds. The first-order valence-electron chi connectivity index (χ1n) is 6.44. The fourth-order valence-corrected chi connectivity index (χ4v) is 2.37. The Kier molecular flexibility index (Phi) is 3.93. The molecule has 6 heteroatoms. The molecule has 0 saturated carbocycles. The number of nitrogens with one attached hydrogen (secondary N) is 1. The maximum Gasteiger partial charge on any atom is 0.307 e. The predicted molar refractivity (Wildman–Crippen MR) is 87.1 cm³/mol. The molecule has 0 saturated heterocycles. The molecule has 0 radical (unpaired) electrons. The van der Waals surface area contributed by atoms with Gasteiger partial charge in [0.25, 0.3) is 0 Å². The summed E-state index contributed by atoms with van der Waals surface area (Å²) in [5, 5.41) is 15.7. The normalized spacial score (nSPS) is 11.1. The van der Waals surface area contributed by atoms with Gasteiger partial charge in [-0.15, -0.1) is 0 Å². The summed E-state index contributed by atoms with van der Waals surface area (Å²) in [6.45, 7) is 0. The van der Waals surface area contributed by atoms with Gasteiger partial charge in [0.05, 0.1) is 6.21 Å². The molecule has 0 aliphatic carbocycles. The number of rotatable bonds is 3. The lowest BCUT2D eigenvalue weighted by Crippen LogP contribution is -2.16.